The van der Waals surface area contributed by atoms with Crippen LogP contribution >= 0.6 is 11.6 Å². The Labute approximate surface area is 126 Å². The quantitative estimate of drug-likeness (QED) is 0.835. The number of sulfonamides is 1. The molecule has 1 fully saturated rings. The van der Waals surface area contributed by atoms with E-state index in [1.165, 1.54) is 7.05 Å². The minimum absolute atomic E-state index is 0.154. The molecule has 21 heavy (non-hydrogen) atoms. The van der Waals surface area contributed by atoms with Crippen LogP contribution in [0.1, 0.15) is 25.3 Å². The van der Waals surface area contributed by atoms with Gasteiger partial charge >= 0.3 is 6.18 Å². The summed E-state index contributed by atoms with van der Waals surface area (Å²) >= 11 is 5.57. The maximum Gasteiger partial charge on any atom is 0.417 e. The summed E-state index contributed by atoms with van der Waals surface area (Å²) in [4.78, 5) is -0.755. The summed E-state index contributed by atoms with van der Waals surface area (Å²) < 4.78 is 65.1. The number of halogens is 4. The van der Waals surface area contributed by atoms with Crippen molar-refractivity contribution in [3.8, 4) is 0 Å². The average Bonchev–Trinajstić information content (AvgIpc) is 3.19. The molecule has 8 heteroatoms. The molecule has 0 bridgehead atoms. The van der Waals surface area contributed by atoms with Crippen LogP contribution in [-0.2, 0) is 16.2 Å². The van der Waals surface area contributed by atoms with E-state index in [0.717, 1.165) is 29.3 Å². The average molecular weight is 342 g/mol. The van der Waals surface area contributed by atoms with E-state index in [2.05, 4.69) is 0 Å². The summed E-state index contributed by atoms with van der Waals surface area (Å²) in [6, 6.07) is 2.38. The third-order valence-electron chi connectivity index (χ3n) is 3.78. The molecule has 0 N–H and O–H groups in total. The summed E-state index contributed by atoms with van der Waals surface area (Å²) in [5.74, 6) is 0.214. The smallest absolute Gasteiger partial charge is 0.207 e. The largest absolute Gasteiger partial charge is 0.417 e. The molecule has 2 rings (SSSR count). The Morgan fingerprint density at radius 2 is 1.90 bits per heavy atom. The first-order valence-corrected chi connectivity index (χ1v) is 8.21. The molecule has 1 unspecified atom stereocenters. The van der Waals surface area contributed by atoms with Gasteiger partial charge in [-0.3, -0.25) is 0 Å². The Hall–Kier alpha value is -0.790. The van der Waals surface area contributed by atoms with Crippen LogP contribution in [0.2, 0.25) is 5.02 Å². The zero-order valence-electron chi connectivity index (χ0n) is 11.5. The normalized spacial score (nSPS) is 18.0. The highest BCUT2D eigenvalue weighted by Gasteiger charge is 2.41. The number of hydrogen-bond donors (Lipinski definition) is 0. The molecule has 0 spiro atoms. The van der Waals surface area contributed by atoms with Crippen molar-refractivity contribution in [1.82, 2.24) is 4.31 Å². The van der Waals surface area contributed by atoms with E-state index < -0.39 is 26.7 Å². The lowest BCUT2D eigenvalue weighted by molar-refractivity contribution is -0.139. The molecule has 0 aliphatic heterocycles. The van der Waals surface area contributed by atoms with Gasteiger partial charge in [-0.2, -0.15) is 17.5 Å². The molecule has 0 radical (unpaired) electrons. The molecular formula is C13H15ClF3NO2S. The molecule has 0 heterocycles. The van der Waals surface area contributed by atoms with E-state index in [4.69, 9.17) is 11.6 Å². The maximum atomic E-state index is 13.1. The van der Waals surface area contributed by atoms with Gasteiger partial charge in [-0.1, -0.05) is 11.6 Å². The van der Waals surface area contributed by atoms with Crippen LogP contribution in [0.15, 0.2) is 23.1 Å². The molecule has 0 amide bonds. The molecule has 1 aliphatic rings. The maximum absolute atomic E-state index is 13.1. The first-order chi connectivity index (χ1) is 9.55. The predicted octanol–water partition coefficient (Wildman–Crippen LogP) is 3.78. The van der Waals surface area contributed by atoms with Gasteiger partial charge < -0.3 is 0 Å². The predicted molar refractivity (Wildman–Crippen MR) is 73.6 cm³/mol. The monoisotopic (exact) mass is 341 g/mol. The SMILES string of the molecule is CC(C1CC1)N(C)S(=O)(=O)c1ccc(Cl)cc1C(F)(F)F. The van der Waals surface area contributed by atoms with Crippen molar-refractivity contribution in [3.05, 3.63) is 28.8 Å². The summed E-state index contributed by atoms with van der Waals surface area (Å²) in [6.07, 6.45) is -2.99. The first kappa shape index (κ1) is 16.6. The first-order valence-electron chi connectivity index (χ1n) is 6.40. The number of alkyl halides is 3. The highest BCUT2D eigenvalue weighted by Crippen LogP contribution is 2.40. The minimum Gasteiger partial charge on any atom is -0.207 e. The summed E-state index contributed by atoms with van der Waals surface area (Å²) in [6.45, 7) is 1.71. The van der Waals surface area contributed by atoms with Gasteiger partial charge in [0.15, 0.2) is 0 Å². The van der Waals surface area contributed by atoms with E-state index in [9.17, 15) is 21.6 Å². The fourth-order valence-corrected chi connectivity index (χ4v) is 3.98. The lowest BCUT2D eigenvalue weighted by Crippen LogP contribution is -2.37. The Morgan fingerprint density at radius 1 is 1.33 bits per heavy atom. The van der Waals surface area contributed by atoms with Gasteiger partial charge in [0.25, 0.3) is 0 Å². The minimum atomic E-state index is -4.78. The molecular weight excluding hydrogens is 327 g/mol. The molecule has 0 aromatic heterocycles. The Bertz CT molecular complexity index is 641. The van der Waals surface area contributed by atoms with Gasteiger partial charge in [0.05, 0.1) is 10.5 Å². The van der Waals surface area contributed by atoms with Crippen molar-refractivity contribution in [1.29, 1.82) is 0 Å². The summed E-state index contributed by atoms with van der Waals surface area (Å²) in [5, 5.41) is -0.154. The highest BCUT2D eigenvalue weighted by molar-refractivity contribution is 7.89. The third kappa shape index (κ3) is 3.35. The van der Waals surface area contributed by atoms with Gasteiger partial charge in [-0.05, 0) is 43.9 Å². The molecule has 1 aromatic carbocycles. The van der Waals surface area contributed by atoms with Crippen LogP contribution in [0.25, 0.3) is 0 Å². The van der Waals surface area contributed by atoms with Crippen LogP contribution in [0.4, 0.5) is 13.2 Å². The van der Waals surface area contributed by atoms with Gasteiger partial charge in [0.1, 0.15) is 0 Å². The van der Waals surface area contributed by atoms with E-state index in [-0.39, 0.29) is 17.0 Å². The standard InChI is InChI=1S/C13H15ClF3NO2S/c1-8(9-3-4-9)18(2)21(19,20)12-6-5-10(14)7-11(12)13(15,16)17/h5-9H,3-4H2,1-2H3. The van der Waals surface area contributed by atoms with E-state index in [0.29, 0.717) is 6.07 Å². The van der Waals surface area contributed by atoms with E-state index in [1.807, 2.05) is 0 Å². The van der Waals surface area contributed by atoms with Crippen molar-refractivity contribution in [2.75, 3.05) is 7.05 Å². The Kier molecular flexibility index (Phi) is 4.30. The fourth-order valence-electron chi connectivity index (χ4n) is 2.20. The summed E-state index contributed by atoms with van der Waals surface area (Å²) in [5.41, 5.74) is -1.23. The Balaban J connectivity index is 2.49. The van der Waals surface area contributed by atoms with Crippen molar-refractivity contribution in [2.45, 2.75) is 36.9 Å². The topological polar surface area (TPSA) is 37.4 Å². The van der Waals surface area contributed by atoms with E-state index in [1.54, 1.807) is 6.92 Å². The molecule has 1 atom stereocenters. The molecule has 3 nitrogen and oxygen atoms in total. The van der Waals surface area contributed by atoms with Gasteiger partial charge in [-0.25, -0.2) is 8.42 Å². The Morgan fingerprint density at radius 3 is 2.38 bits per heavy atom. The van der Waals surface area contributed by atoms with E-state index >= 15 is 0 Å². The second-order valence-corrected chi connectivity index (χ2v) is 7.64. The van der Waals surface area contributed by atoms with Crippen LogP contribution in [0.3, 0.4) is 0 Å². The molecule has 1 aromatic rings. The van der Waals surface area contributed by atoms with Crippen molar-refractivity contribution in [2.24, 2.45) is 5.92 Å². The molecule has 118 valence electrons. The van der Waals surface area contributed by atoms with Crippen molar-refractivity contribution >= 4 is 21.6 Å². The number of benzene rings is 1. The fraction of sp³-hybridized carbons (Fsp3) is 0.538. The lowest BCUT2D eigenvalue weighted by Gasteiger charge is -2.25. The van der Waals surface area contributed by atoms with Gasteiger partial charge in [-0.15, -0.1) is 0 Å². The lowest BCUT2D eigenvalue weighted by atomic mass is 10.2. The van der Waals surface area contributed by atoms with Crippen LogP contribution in [-0.4, -0.2) is 25.8 Å². The number of rotatable bonds is 4. The van der Waals surface area contributed by atoms with Crippen molar-refractivity contribution in [3.63, 3.8) is 0 Å². The van der Waals surface area contributed by atoms with Crippen LogP contribution in [0, 0.1) is 5.92 Å². The zero-order chi connectivity index (χ0) is 16.0. The van der Waals surface area contributed by atoms with Gasteiger partial charge in [0, 0.05) is 18.1 Å². The second kappa shape index (κ2) is 5.44. The summed E-state index contributed by atoms with van der Waals surface area (Å²) in [7, 11) is -2.91. The third-order valence-corrected chi connectivity index (χ3v) is 6.02. The van der Waals surface area contributed by atoms with Crippen LogP contribution < -0.4 is 0 Å². The zero-order valence-corrected chi connectivity index (χ0v) is 13.1. The molecule has 1 saturated carbocycles. The second-order valence-electron chi connectivity index (χ2n) is 5.24. The van der Waals surface area contributed by atoms with Crippen molar-refractivity contribution < 1.29 is 21.6 Å². The number of hydrogen-bond acceptors (Lipinski definition) is 2. The van der Waals surface area contributed by atoms with Gasteiger partial charge in [0.2, 0.25) is 10.0 Å². The molecule has 0 saturated heterocycles. The highest BCUT2D eigenvalue weighted by atomic mass is 35.5. The number of nitrogens with zero attached hydrogens (tertiary/aromatic N) is 1. The van der Waals surface area contributed by atoms with Crippen LogP contribution in [0.5, 0.6) is 0 Å². The molecule has 1 aliphatic carbocycles.